The number of carbonyl (C=O) groups excluding carboxylic acids is 6. The molecule has 0 aromatic rings. The SMILES string of the molecule is CS[C@H]1O[C@H](CS[C@H]2O[C@H](CI)[C@@H](OC(C)=O)[C@H](OC(C)=O)[C@@H]2OC(C)=O)[C@@H](OC(C)=O)[C@H](OC(C)=O)[C@@H]1OC(C)=O. The molecule has 10 atom stereocenters. The number of alkyl halides is 1. The van der Waals surface area contributed by atoms with Crippen molar-refractivity contribution in [3.8, 4) is 0 Å². The predicted molar refractivity (Wildman–Crippen MR) is 156 cm³/mol. The van der Waals surface area contributed by atoms with Crippen LogP contribution in [-0.4, -0.2) is 112 Å². The summed E-state index contributed by atoms with van der Waals surface area (Å²) in [6.07, 6.45) is -6.92. The fourth-order valence-corrected chi connectivity index (χ4v) is 7.19. The molecule has 0 aromatic carbocycles. The van der Waals surface area contributed by atoms with Crippen LogP contribution in [0.3, 0.4) is 0 Å². The first kappa shape index (κ1) is 36.4. The summed E-state index contributed by atoms with van der Waals surface area (Å²) in [5.74, 6) is -4.06. The first-order valence-electron chi connectivity index (χ1n) is 12.7. The lowest BCUT2D eigenvalue weighted by Gasteiger charge is -2.46. The Morgan fingerprint density at radius 1 is 0.548 bits per heavy atom. The zero-order valence-corrected chi connectivity index (χ0v) is 27.9. The summed E-state index contributed by atoms with van der Waals surface area (Å²) in [6, 6.07) is 0. The van der Waals surface area contributed by atoms with Crippen molar-refractivity contribution >= 4 is 81.9 Å². The minimum Gasteiger partial charge on any atom is -0.456 e. The van der Waals surface area contributed by atoms with Gasteiger partial charge in [-0.1, -0.05) is 22.6 Å². The van der Waals surface area contributed by atoms with Gasteiger partial charge in [0, 0.05) is 51.7 Å². The molecule has 0 aliphatic carbocycles. The first-order valence-corrected chi connectivity index (χ1v) is 16.6. The van der Waals surface area contributed by atoms with E-state index in [0.29, 0.717) is 4.43 Å². The van der Waals surface area contributed by atoms with E-state index in [1.54, 1.807) is 6.26 Å². The molecule has 0 spiro atoms. The largest absolute Gasteiger partial charge is 0.456 e. The normalized spacial score (nSPS) is 32.6. The Kier molecular flexibility index (Phi) is 14.6. The standard InChI is InChI=1S/C25H35IO14S2/c1-10(27)33-18-16(8-26)39-25(23(38-15(6)32)20(18)35-12(3)29)42-9-17-19(34-11(2)28)21(36-13(4)30)22(37-14(5)31)24(40-17)41-7/h16-25H,8-9H2,1-7H3/t16-,17-,18-,19-,20+,21+,22+,23+,24-,25-/m1/s1. The van der Waals surface area contributed by atoms with E-state index in [4.69, 9.17) is 37.9 Å². The maximum Gasteiger partial charge on any atom is 0.303 e. The number of carbonyl (C=O) groups is 6. The second-order valence-electron chi connectivity index (χ2n) is 9.25. The van der Waals surface area contributed by atoms with Crippen LogP contribution in [0.1, 0.15) is 41.5 Å². The maximum atomic E-state index is 12.1. The smallest absolute Gasteiger partial charge is 0.303 e. The number of rotatable bonds is 11. The van der Waals surface area contributed by atoms with Crippen LogP contribution in [0.5, 0.6) is 0 Å². The van der Waals surface area contributed by atoms with Gasteiger partial charge in [0.05, 0.1) is 0 Å². The Labute approximate surface area is 265 Å². The van der Waals surface area contributed by atoms with Gasteiger partial charge in [0.15, 0.2) is 36.6 Å². The van der Waals surface area contributed by atoms with Crippen molar-refractivity contribution in [1.29, 1.82) is 0 Å². The fourth-order valence-electron chi connectivity index (χ4n) is 4.48. The van der Waals surface area contributed by atoms with Crippen molar-refractivity contribution in [3.05, 3.63) is 0 Å². The molecule has 238 valence electrons. The Hall–Kier alpha value is -1.83. The summed E-state index contributed by atoms with van der Waals surface area (Å²) < 4.78 is 45.5. The quantitative estimate of drug-likeness (QED) is 0.129. The lowest BCUT2D eigenvalue weighted by molar-refractivity contribution is -0.230. The third-order valence-electron chi connectivity index (χ3n) is 5.80. The highest BCUT2D eigenvalue weighted by atomic mass is 127. The molecule has 0 unspecified atom stereocenters. The molecule has 2 fully saturated rings. The highest BCUT2D eigenvalue weighted by Crippen LogP contribution is 2.38. The molecule has 2 aliphatic heterocycles. The second kappa shape index (κ2) is 16.9. The van der Waals surface area contributed by atoms with Crippen molar-refractivity contribution in [2.75, 3.05) is 16.4 Å². The average Bonchev–Trinajstić information content (AvgIpc) is 2.86. The van der Waals surface area contributed by atoms with Crippen LogP contribution in [-0.2, 0) is 66.7 Å². The van der Waals surface area contributed by atoms with Crippen LogP contribution in [0.15, 0.2) is 0 Å². The molecule has 17 heteroatoms. The van der Waals surface area contributed by atoms with Crippen molar-refractivity contribution in [3.63, 3.8) is 0 Å². The number of esters is 6. The van der Waals surface area contributed by atoms with Crippen molar-refractivity contribution in [1.82, 2.24) is 0 Å². The Bertz CT molecular complexity index is 934. The summed E-state index contributed by atoms with van der Waals surface area (Å²) in [4.78, 5) is 72.0. The van der Waals surface area contributed by atoms with Gasteiger partial charge in [-0.3, -0.25) is 28.8 Å². The Balaban J connectivity index is 2.45. The Morgan fingerprint density at radius 2 is 0.881 bits per heavy atom. The van der Waals surface area contributed by atoms with E-state index in [-0.39, 0.29) is 5.75 Å². The van der Waals surface area contributed by atoms with E-state index < -0.39 is 95.5 Å². The van der Waals surface area contributed by atoms with Crippen LogP contribution in [0.4, 0.5) is 0 Å². The molecule has 0 N–H and O–H groups in total. The summed E-state index contributed by atoms with van der Waals surface area (Å²) >= 11 is 4.31. The summed E-state index contributed by atoms with van der Waals surface area (Å²) in [5.41, 5.74) is -1.77. The van der Waals surface area contributed by atoms with E-state index in [2.05, 4.69) is 0 Å². The van der Waals surface area contributed by atoms with Crippen molar-refractivity contribution in [2.24, 2.45) is 0 Å². The molecule has 0 amide bonds. The number of ether oxygens (including phenoxy) is 8. The van der Waals surface area contributed by atoms with Crippen LogP contribution in [0.25, 0.3) is 0 Å². The van der Waals surface area contributed by atoms with Crippen LogP contribution in [0.2, 0.25) is 0 Å². The molecular weight excluding hydrogens is 715 g/mol. The molecule has 2 aliphatic rings. The van der Waals surface area contributed by atoms with Gasteiger partial charge in [0.25, 0.3) is 0 Å². The summed E-state index contributed by atoms with van der Waals surface area (Å²) in [7, 11) is 0. The van der Waals surface area contributed by atoms with Crippen molar-refractivity contribution < 1.29 is 66.7 Å². The second-order valence-corrected chi connectivity index (χ2v) is 12.2. The fraction of sp³-hybridized carbons (Fsp3) is 0.760. The Morgan fingerprint density at radius 3 is 1.26 bits per heavy atom. The van der Waals surface area contributed by atoms with Crippen LogP contribution < -0.4 is 0 Å². The van der Waals surface area contributed by atoms with E-state index in [0.717, 1.165) is 11.8 Å². The number of hydrogen-bond donors (Lipinski definition) is 0. The molecule has 0 radical (unpaired) electrons. The molecule has 2 saturated heterocycles. The van der Waals surface area contributed by atoms with Gasteiger partial charge in [0.2, 0.25) is 0 Å². The monoisotopic (exact) mass is 750 g/mol. The summed E-state index contributed by atoms with van der Waals surface area (Å²) in [6.45, 7) is 7.05. The topological polar surface area (TPSA) is 176 Å². The van der Waals surface area contributed by atoms with Crippen LogP contribution in [0, 0.1) is 0 Å². The number of hydrogen-bond acceptors (Lipinski definition) is 16. The van der Waals surface area contributed by atoms with Gasteiger partial charge >= 0.3 is 35.8 Å². The third-order valence-corrected chi connectivity index (χ3v) is 8.74. The molecular formula is C25H35IO14S2. The molecule has 2 rings (SSSR count). The first-order chi connectivity index (χ1) is 19.7. The zero-order valence-electron chi connectivity index (χ0n) is 24.1. The van der Waals surface area contributed by atoms with Gasteiger partial charge in [-0.15, -0.1) is 23.5 Å². The average molecular weight is 751 g/mol. The minimum atomic E-state index is -1.20. The third kappa shape index (κ3) is 10.4. The molecule has 2 heterocycles. The molecule has 14 nitrogen and oxygen atoms in total. The highest BCUT2D eigenvalue weighted by molar-refractivity contribution is 14.1. The predicted octanol–water partition coefficient (Wildman–Crippen LogP) is 1.56. The molecule has 0 bridgehead atoms. The summed E-state index contributed by atoms with van der Waals surface area (Å²) in [5, 5.41) is 0. The van der Waals surface area contributed by atoms with Gasteiger partial charge in [0.1, 0.15) is 23.1 Å². The molecule has 42 heavy (non-hydrogen) atoms. The van der Waals surface area contributed by atoms with Gasteiger partial charge in [-0.2, -0.15) is 0 Å². The number of halogens is 1. The van der Waals surface area contributed by atoms with E-state index in [1.165, 1.54) is 53.3 Å². The van der Waals surface area contributed by atoms with Crippen molar-refractivity contribution in [2.45, 2.75) is 101 Å². The van der Waals surface area contributed by atoms with Gasteiger partial charge in [-0.25, -0.2) is 0 Å². The number of thioether (sulfide) groups is 2. The highest BCUT2D eigenvalue weighted by Gasteiger charge is 2.54. The minimum absolute atomic E-state index is 0.0288. The van der Waals surface area contributed by atoms with Gasteiger partial charge in [-0.05, 0) is 6.26 Å². The lowest BCUT2D eigenvalue weighted by atomic mass is 9.99. The van der Waals surface area contributed by atoms with E-state index in [1.807, 2.05) is 22.6 Å². The van der Waals surface area contributed by atoms with E-state index >= 15 is 0 Å². The molecule has 0 saturated carbocycles. The van der Waals surface area contributed by atoms with Gasteiger partial charge < -0.3 is 37.9 Å². The zero-order chi connectivity index (χ0) is 31.7. The lowest BCUT2D eigenvalue weighted by Crippen LogP contribution is -2.62. The molecule has 0 aromatic heterocycles. The van der Waals surface area contributed by atoms with E-state index in [9.17, 15) is 28.8 Å². The maximum absolute atomic E-state index is 12.1. The van der Waals surface area contributed by atoms with Crippen LogP contribution >= 0.6 is 46.1 Å².